The lowest BCUT2D eigenvalue weighted by Crippen LogP contribution is -2.35. The minimum atomic E-state index is 0.154. The van der Waals surface area contributed by atoms with E-state index in [1.54, 1.807) is 7.11 Å². The Morgan fingerprint density at radius 1 is 1.00 bits per heavy atom. The fourth-order valence-corrected chi connectivity index (χ4v) is 5.94. The molecule has 0 spiro atoms. The molecule has 33 heavy (non-hydrogen) atoms. The van der Waals surface area contributed by atoms with E-state index in [1.807, 2.05) is 26.0 Å². The van der Waals surface area contributed by atoms with Crippen molar-refractivity contribution in [3.63, 3.8) is 0 Å². The van der Waals surface area contributed by atoms with Gasteiger partial charge in [-0.15, -0.1) is 0 Å². The fourth-order valence-electron chi connectivity index (χ4n) is 5.94. The SMILES string of the molecule is COc1c(C)ccc2c1nc(Nc1ccc(OC(C)C)cc1)n2C1CC(C)(C)CC(C)(C)C1. The van der Waals surface area contributed by atoms with Gasteiger partial charge in [-0.1, -0.05) is 33.8 Å². The average Bonchev–Trinajstić information content (AvgIpc) is 3.04. The quantitative estimate of drug-likeness (QED) is 0.419. The molecule has 1 aliphatic rings. The lowest BCUT2D eigenvalue weighted by atomic mass is 9.63. The van der Waals surface area contributed by atoms with Crippen molar-refractivity contribution in [3.05, 3.63) is 42.0 Å². The van der Waals surface area contributed by atoms with Crippen molar-refractivity contribution >= 4 is 22.7 Å². The Morgan fingerprint density at radius 3 is 2.21 bits per heavy atom. The lowest BCUT2D eigenvalue weighted by Gasteiger charge is -2.45. The molecule has 1 N–H and O–H groups in total. The number of aryl methyl sites for hydroxylation is 1. The molecule has 0 unspecified atom stereocenters. The molecule has 1 fully saturated rings. The molecule has 0 bridgehead atoms. The van der Waals surface area contributed by atoms with E-state index in [1.165, 1.54) is 6.42 Å². The first-order valence-corrected chi connectivity index (χ1v) is 12.1. The predicted molar refractivity (Wildman–Crippen MR) is 137 cm³/mol. The highest BCUT2D eigenvalue weighted by Gasteiger charge is 2.40. The lowest BCUT2D eigenvalue weighted by molar-refractivity contribution is 0.0746. The van der Waals surface area contributed by atoms with Gasteiger partial charge in [0.15, 0.2) is 0 Å². The van der Waals surface area contributed by atoms with Crippen molar-refractivity contribution in [2.24, 2.45) is 10.8 Å². The first-order chi connectivity index (χ1) is 15.5. The van der Waals surface area contributed by atoms with E-state index < -0.39 is 0 Å². The standard InChI is InChI=1S/C28H39N3O2/c1-18(2)33-22-12-10-20(11-13-22)29-26-30-24-23(14-9-19(3)25(24)32-8)31(26)21-15-27(4,5)17-28(6,7)16-21/h9-14,18,21H,15-17H2,1-8H3,(H,29,30). The van der Waals surface area contributed by atoms with Crippen molar-refractivity contribution in [2.45, 2.75) is 79.9 Å². The normalized spacial score (nSPS) is 18.0. The van der Waals surface area contributed by atoms with Gasteiger partial charge in [-0.2, -0.15) is 0 Å². The topological polar surface area (TPSA) is 48.3 Å². The zero-order chi connectivity index (χ0) is 24.0. The number of fused-ring (bicyclic) bond motifs is 1. The minimum absolute atomic E-state index is 0.154. The maximum atomic E-state index is 5.81. The number of anilines is 2. The van der Waals surface area contributed by atoms with Crippen LogP contribution in [-0.4, -0.2) is 22.8 Å². The first kappa shape index (κ1) is 23.5. The van der Waals surface area contributed by atoms with Crippen LogP contribution < -0.4 is 14.8 Å². The summed E-state index contributed by atoms with van der Waals surface area (Å²) in [5.41, 5.74) is 4.67. The van der Waals surface area contributed by atoms with Crippen molar-refractivity contribution in [3.8, 4) is 11.5 Å². The van der Waals surface area contributed by atoms with E-state index >= 15 is 0 Å². The molecule has 0 aliphatic heterocycles. The van der Waals surface area contributed by atoms with Crippen molar-refractivity contribution < 1.29 is 9.47 Å². The Labute approximate surface area is 198 Å². The molecular formula is C28H39N3O2. The Balaban J connectivity index is 1.80. The van der Waals surface area contributed by atoms with Crippen LogP contribution in [0.1, 0.15) is 72.4 Å². The van der Waals surface area contributed by atoms with E-state index in [9.17, 15) is 0 Å². The maximum absolute atomic E-state index is 5.81. The zero-order valence-corrected chi connectivity index (χ0v) is 21.5. The Morgan fingerprint density at radius 2 is 1.64 bits per heavy atom. The molecule has 178 valence electrons. The van der Waals surface area contributed by atoms with Crippen LogP contribution in [-0.2, 0) is 0 Å². The summed E-state index contributed by atoms with van der Waals surface area (Å²) < 4.78 is 14.0. The molecule has 0 atom stereocenters. The molecule has 3 aromatic rings. The number of ether oxygens (including phenoxy) is 2. The molecule has 0 saturated heterocycles. The summed E-state index contributed by atoms with van der Waals surface area (Å²) in [6, 6.07) is 12.8. The third-order valence-corrected chi connectivity index (χ3v) is 6.60. The smallest absolute Gasteiger partial charge is 0.208 e. The van der Waals surface area contributed by atoms with E-state index in [2.05, 4.69) is 68.8 Å². The number of hydrogen-bond acceptors (Lipinski definition) is 4. The van der Waals surface area contributed by atoms with Gasteiger partial charge in [0, 0.05) is 11.7 Å². The van der Waals surface area contributed by atoms with Crippen LogP contribution in [0.4, 0.5) is 11.6 Å². The van der Waals surface area contributed by atoms with Crippen LogP contribution in [0.25, 0.3) is 11.0 Å². The Kier molecular flexibility index (Phi) is 6.10. The van der Waals surface area contributed by atoms with E-state index in [4.69, 9.17) is 14.5 Å². The number of nitrogens with one attached hydrogen (secondary N) is 1. The molecule has 0 amide bonds. The third kappa shape index (κ3) is 4.97. The molecule has 4 rings (SSSR count). The van der Waals surface area contributed by atoms with Crippen LogP contribution in [0.3, 0.4) is 0 Å². The fraction of sp³-hybridized carbons (Fsp3) is 0.536. The average molecular weight is 450 g/mol. The molecule has 2 aromatic carbocycles. The third-order valence-electron chi connectivity index (χ3n) is 6.60. The van der Waals surface area contributed by atoms with Crippen LogP contribution >= 0.6 is 0 Å². The molecule has 1 saturated carbocycles. The molecule has 1 aromatic heterocycles. The summed E-state index contributed by atoms with van der Waals surface area (Å²) in [5, 5.41) is 3.61. The van der Waals surface area contributed by atoms with Crippen molar-refractivity contribution in [1.29, 1.82) is 0 Å². The zero-order valence-electron chi connectivity index (χ0n) is 21.5. The monoisotopic (exact) mass is 449 g/mol. The van der Waals surface area contributed by atoms with E-state index in [0.29, 0.717) is 6.04 Å². The number of hydrogen-bond donors (Lipinski definition) is 1. The summed E-state index contributed by atoms with van der Waals surface area (Å²) in [4.78, 5) is 5.08. The number of aromatic nitrogens is 2. The summed E-state index contributed by atoms with van der Waals surface area (Å²) in [5.74, 6) is 2.59. The molecule has 0 radical (unpaired) electrons. The second-order valence-electron chi connectivity index (χ2n) is 11.5. The highest BCUT2D eigenvalue weighted by Crippen LogP contribution is 2.51. The van der Waals surface area contributed by atoms with Crippen LogP contribution in [0.5, 0.6) is 11.5 Å². The number of benzene rings is 2. The number of rotatable bonds is 6. The van der Waals surface area contributed by atoms with Gasteiger partial charge in [0.25, 0.3) is 0 Å². The summed E-state index contributed by atoms with van der Waals surface area (Å²) >= 11 is 0. The molecule has 5 heteroatoms. The van der Waals surface area contributed by atoms with Gasteiger partial charge < -0.3 is 19.4 Å². The molecular weight excluding hydrogens is 410 g/mol. The molecule has 5 nitrogen and oxygen atoms in total. The highest BCUT2D eigenvalue weighted by atomic mass is 16.5. The van der Waals surface area contributed by atoms with Crippen LogP contribution in [0.2, 0.25) is 0 Å². The van der Waals surface area contributed by atoms with Gasteiger partial charge in [0.2, 0.25) is 5.95 Å². The largest absolute Gasteiger partial charge is 0.494 e. The van der Waals surface area contributed by atoms with E-state index in [-0.39, 0.29) is 16.9 Å². The van der Waals surface area contributed by atoms with Gasteiger partial charge in [-0.05, 0) is 86.8 Å². The summed E-state index contributed by atoms with van der Waals surface area (Å²) in [6.45, 7) is 15.7. The van der Waals surface area contributed by atoms with Gasteiger partial charge in [-0.25, -0.2) is 4.98 Å². The maximum Gasteiger partial charge on any atom is 0.208 e. The number of nitrogens with zero attached hydrogens (tertiary/aromatic N) is 2. The van der Waals surface area contributed by atoms with Gasteiger partial charge in [0.05, 0.1) is 18.7 Å². The Bertz CT molecular complexity index is 1110. The van der Waals surface area contributed by atoms with Gasteiger partial charge in [-0.3, -0.25) is 0 Å². The first-order valence-electron chi connectivity index (χ1n) is 12.1. The van der Waals surface area contributed by atoms with Crippen LogP contribution in [0, 0.1) is 17.8 Å². The van der Waals surface area contributed by atoms with Crippen LogP contribution in [0.15, 0.2) is 36.4 Å². The number of imidazole rings is 1. The van der Waals surface area contributed by atoms with Crippen molar-refractivity contribution in [2.75, 3.05) is 12.4 Å². The highest BCUT2D eigenvalue weighted by molar-refractivity contribution is 5.87. The minimum Gasteiger partial charge on any atom is -0.494 e. The molecule has 1 heterocycles. The predicted octanol–water partition coefficient (Wildman–Crippen LogP) is 7.66. The van der Waals surface area contributed by atoms with E-state index in [0.717, 1.165) is 52.6 Å². The summed E-state index contributed by atoms with van der Waals surface area (Å²) in [7, 11) is 1.73. The van der Waals surface area contributed by atoms with Gasteiger partial charge >= 0.3 is 0 Å². The number of methoxy groups -OCH3 is 1. The molecule has 1 aliphatic carbocycles. The second kappa shape index (κ2) is 8.58. The second-order valence-corrected chi connectivity index (χ2v) is 11.5. The van der Waals surface area contributed by atoms with Gasteiger partial charge in [0.1, 0.15) is 17.0 Å². The summed E-state index contributed by atoms with van der Waals surface area (Å²) in [6.07, 6.45) is 3.62. The Hall–Kier alpha value is -2.69. The van der Waals surface area contributed by atoms with Crippen molar-refractivity contribution in [1.82, 2.24) is 9.55 Å².